The molecule has 2 aromatic rings. The summed E-state index contributed by atoms with van der Waals surface area (Å²) in [6.07, 6.45) is 0.684. The molecule has 0 saturated heterocycles. The van der Waals surface area contributed by atoms with E-state index in [9.17, 15) is 13.0 Å². The molecule has 0 saturated carbocycles. The van der Waals surface area contributed by atoms with Crippen molar-refractivity contribution < 1.29 is 17.7 Å². The van der Waals surface area contributed by atoms with Crippen molar-refractivity contribution in [2.24, 2.45) is 0 Å². The minimum Gasteiger partial charge on any atom is -0.435 e. The predicted molar refractivity (Wildman–Crippen MR) is 68.9 cm³/mol. The summed E-state index contributed by atoms with van der Waals surface area (Å²) >= 11 is 0. The largest absolute Gasteiger partial charge is 0.435 e. The number of aromatic nitrogens is 3. The number of rotatable bonds is 6. The summed E-state index contributed by atoms with van der Waals surface area (Å²) < 4.78 is 40.3. The summed E-state index contributed by atoms with van der Waals surface area (Å²) in [5, 5.41) is 6.82. The van der Waals surface area contributed by atoms with E-state index in [1.807, 2.05) is 6.92 Å². The van der Waals surface area contributed by atoms with Crippen molar-refractivity contribution in [3.8, 4) is 5.75 Å². The van der Waals surface area contributed by atoms with Gasteiger partial charge in [-0.05, 0) is 17.7 Å². The van der Waals surface area contributed by atoms with Crippen molar-refractivity contribution in [2.45, 2.75) is 30.9 Å². The van der Waals surface area contributed by atoms with Gasteiger partial charge in [0.05, 0.1) is 16.6 Å². The number of benzene rings is 1. The molecular weight excluding hydrogens is 288 g/mol. The van der Waals surface area contributed by atoms with Gasteiger partial charge in [-0.1, -0.05) is 19.1 Å². The van der Waals surface area contributed by atoms with Crippen LogP contribution in [0.3, 0.4) is 0 Å². The first kappa shape index (κ1) is 14.6. The van der Waals surface area contributed by atoms with Gasteiger partial charge in [-0.25, -0.2) is 4.98 Å². The van der Waals surface area contributed by atoms with Gasteiger partial charge in [0.15, 0.2) is 0 Å². The average molecular weight is 301 g/mol. The molecule has 0 aliphatic rings. The molecule has 0 spiro atoms. The SMILES string of the molecule is CCc1nc([S@](=O)Cc2ccc(OC(F)F)cc2)n[nH]1. The van der Waals surface area contributed by atoms with Crippen LogP contribution in [0.25, 0.3) is 0 Å². The van der Waals surface area contributed by atoms with Crippen LogP contribution in [0.15, 0.2) is 29.4 Å². The Morgan fingerprint density at radius 1 is 1.35 bits per heavy atom. The van der Waals surface area contributed by atoms with Crippen molar-refractivity contribution >= 4 is 10.8 Å². The summed E-state index contributed by atoms with van der Waals surface area (Å²) in [5.74, 6) is 0.963. The molecule has 0 amide bonds. The number of aromatic amines is 1. The van der Waals surface area contributed by atoms with Crippen molar-refractivity contribution in [3.63, 3.8) is 0 Å². The lowest BCUT2D eigenvalue weighted by molar-refractivity contribution is -0.0498. The molecule has 20 heavy (non-hydrogen) atoms. The molecule has 0 fully saturated rings. The minimum absolute atomic E-state index is 0.0701. The molecule has 5 nitrogen and oxygen atoms in total. The van der Waals surface area contributed by atoms with Crippen LogP contribution in [0.2, 0.25) is 0 Å². The second kappa shape index (κ2) is 6.56. The monoisotopic (exact) mass is 301 g/mol. The Morgan fingerprint density at radius 2 is 2.05 bits per heavy atom. The van der Waals surface area contributed by atoms with Gasteiger partial charge < -0.3 is 4.74 Å². The van der Waals surface area contributed by atoms with E-state index in [1.54, 1.807) is 12.1 Å². The molecule has 0 unspecified atom stereocenters. The molecule has 0 radical (unpaired) electrons. The maximum Gasteiger partial charge on any atom is 0.387 e. The topological polar surface area (TPSA) is 67.9 Å². The summed E-state index contributed by atoms with van der Waals surface area (Å²) in [4.78, 5) is 4.09. The fourth-order valence-electron chi connectivity index (χ4n) is 1.52. The van der Waals surface area contributed by atoms with Crippen molar-refractivity contribution in [3.05, 3.63) is 35.7 Å². The molecule has 8 heteroatoms. The molecular formula is C12H13F2N3O2S. The van der Waals surface area contributed by atoms with Crippen molar-refractivity contribution in [2.75, 3.05) is 0 Å². The number of hydrogen-bond acceptors (Lipinski definition) is 4. The number of hydrogen-bond donors (Lipinski definition) is 1. The smallest absolute Gasteiger partial charge is 0.387 e. The third-order valence-electron chi connectivity index (χ3n) is 2.50. The van der Waals surface area contributed by atoms with Crippen LogP contribution in [0.1, 0.15) is 18.3 Å². The lowest BCUT2D eigenvalue weighted by atomic mass is 10.2. The summed E-state index contributed by atoms with van der Waals surface area (Å²) in [7, 11) is -1.37. The van der Waals surface area contributed by atoms with Gasteiger partial charge >= 0.3 is 6.61 Å². The standard InChI is InChI=1S/C12H13F2N3O2S/c1-2-10-15-12(17-16-10)20(18)7-8-3-5-9(6-4-8)19-11(13)14/h3-6,11H,2,7H2,1H3,(H,15,16,17)/t20-/m1/s1. The summed E-state index contributed by atoms with van der Waals surface area (Å²) in [5.41, 5.74) is 0.729. The zero-order valence-electron chi connectivity index (χ0n) is 10.7. The molecule has 108 valence electrons. The number of nitrogens with zero attached hydrogens (tertiary/aromatic N) is 2. The van der Waals surface area contributed by atoms with E-state index in [1.165, 1.54) is 12.1 Å². The van der Waals surface area contributed by atoms with Crippen LogP contribution >= 0.6 is 0 Å². The van der Waals surface area contributed by atoms with E-state index >= 15 is 0 Å². The number of ether oxygens (including phenoxy) is 1. The first-order chi connectivity index (χ1) is 9.58. The summed E-state index contributed by atoms with van der Waals surface area (Å²) in [6.45, 7) is -0.940. The molecule has 2 rings (SSSR count). The van der Waals surface area contributed by atoms with Gasteiger partial charge in [0.1, 0.15) is 11.6 Å². The normalized spacial score (nSPS) is 12.6. The van der Waals surface area contributed by atoms with Crippen LogP contribution in [-0.2, 0) is 23.0 Å². The maximum absolute atomic E-state index is 12.0. The van der Waals surface area contributed by atoms with E-state index in [0.29, 0.717) is 12.2 Å². The molecule has 1 atom stereocenters. The van der Waals surface area contributed by atoms with Gasteiger partial charge in [-0.15, -0.1) is 5.10 Å². The highest BCUT2D eigenvalue weighted by atomic mass is 32.2. The lowest BCUT2D eigenvalue weighted by Crippen LogP contribution is -2.02. The molecule has 0 aliphatic carbocycles. The van der Waals surface area contributed by atoms with Gasteiger partial charge in [0, 0.05) is 6.42 Å². The van der Waals surface area contributed by atoms with E-state index in [4.69, 9.17) is 0 Å². The third kappa shape index (κ3) is 3.83. The zero-order valence-corrected chi connectivity index (χ0v) is 11.5. The lowest BCUT2D eigenvalue weighted by Gasteiger charge is -2.05. The van der Waals surface area contributed by atoms with E-state index in [0.717, 1.165) is 5.56 Å². The molecule has 0 bridgehead atoms. The molecule has 0 aliphatic heterocycles. The van der Waals surface area contributed by atoms with Crippen LogP contribution in [0.4, 0.5) is 8.78 Å². The number of nitrogens with one attached hydrogen (secondary N) is 1. The van der Waals surface area contributed by atoms with Crippen LogP contribution in [0.5, 0.6) is 5.75 Å². The van der Waals surface area contributed by atoms with Crippen molar-refractivity contribution in [1.82, 2.24) is 15.2 Å². The molecule has 1 heterocycles. The second-order valence-corrected chi connectivity index (χ2v) is 5.28. The number of alkyl halides is 2. The summed E-state index contributed by atoms with van der Waals surface area (Å²) in [6, 6.07) is 5.99. The molecule has 1 N–H and O–H groups in total. The maximum atomic E-state index is 12.0. The Morgan fingerprint density at radius 3 is 2.60 bits per heavy atom. The fourth-order valence-corrected chi connectivity index (χ4v) is 2.50. The van der Waals surface area contributed by atoms with Crippen LogP contribution < -0.4 is 4.74 Å². The van der Waals surface area contributed by atoms with Crippen LogP contribution in [-0.4, -0.2) is 26.0 Å². The Labute approximate surface area is 116 Å². The molecule has 1 aromatic heterocycles. The van der Waals surface area contributed by atoms with Crippen molar-refractivity contribution in [1.29, 1.82) is 0 Å². The number of aryl methyl sites for hydroxylation is 1. The predicted octanol–water partition coefficient (Wildman–Crippen LogP) is 2.28. The molecule has 1 aromatic carbocycles. The second-order valence-electron chi connectivity index (χ2n) is 3.93. The van der Waals surface area contributed by atoms with Crippen LogP contribution in [0, 0.1) is 0 Å². The van der Waals surface area contributed by atoms with E-state index < -0.39 is 17.4 Å². The van der Waals surface area contributed by atoms with Gasteiger partial charge in [-0.2, -0.15) is 8.78 Å². The number of H-pyrrole nitrogens is 1. The van der Waals surface area contributed by atoms with Gasteiger partial charge in [-0.3, -0.25) is 9.31 Å². The Hall–Kier alpha value is -1.83. The highest BCUT2D eigenvalue weighted by Crippen LogP contribution is 2.16. The highest BCUT2D eigenvalue weighted by Gasteiger charge is 2.11. The number of halogens is 2. The van der Waals surface area contributed by atoms with Gasteiger partial charge in [0.25, 0.3) is 0 Å². The zero-order chi connectivity index (χ0) is 14.5. The Balaban J connectivity index is 2.00. The van der Waals surface area contributed by atoms with E-state index in [2.05, 4.69) is 19.9 Å². The third-order valence-corrected chi connectivity index (χ3v) is 3.68. The van der Waals surface area contributed by atoms with E-state index in [-0.39, 0.29) is 16.7 Å². The van der Waals surface area contributed by atoms with Gasteiger partial charge in [0.2, 0.25) is 5.16 Å². The fraction of sp³-hybridized carbons (Fsp3) is 0.333. The Bertz CT molecular complexity index is 587. The average Bonchev–Trinajstić information content (AvgIpc) is 2.89. The minimum atomic E-state index is -2.85. The first-order valence-corrected chi connectivity index (χ1v) is 7.23. The Kier molecular flexibility index (Phi) is 4.78. The highest BCUT2D eigenvalue weighted by molar-refractivity contribution is 7.84. The quantitative estimate of drug-likeness (QED) is 0.889. The first-order valence-electron chi connectivity index (χ1n) is 5.92.